The lowest BCUT2D eigenvalue weighted by Gasteiger charge is -2.28. The van der Waals surface area contributed by atoms with E-state index in [-0.39, 0.29) is 17.4 Å². The third-order valence-electron chi connectivity index (χ3n) is 4.31. The highest BCUT2D eigenvalue weighted by Crippen LogP contribution is 2.23. The van der Waals surface area contributed by atoms with Gasteiger partial charge < -0.3 is 15.2 Å². The summed E-state index contributed by atoms with van der Waals surface area (Å²) < 4.78 is 0. The molecule has 25 heavy (non-hydrogen) atoms. The molecule has 2 amide bonds. The summed E-state index contributed by atoms with van der Waals surface area (Å²) in [6, 6.07) is 10.8. The molecule has 0 unspecified atom stereocenters. The zero-order chi connectivity index (χ0) is 17.6. The molecule has 0 saturated heterocycles. The van der Waals surface area contributed by atoms with E-state index in [1.165, 1.54) is 0 Å². The number of pyridine rings is 1. The lowest BCUT2D eigenvalue weighted by Crippen LogP contribution is -2.39. The Bertz CT molecular complexity index is 814. The fourth-order valence-corrected chi connectivity index (χ4v) is 3.07. The molecule has 0 aliphatic carbocycles. The van der Waals surface area contributed by atoms with Crippen LogP contribution in [-0.2, 0) is 11.2 Å². The van der Waals surface area contributed by atoms with E-state index in [4.69, 9.17) is 0 Å². The third-order valence-corrected chi connectivity index (χ3v) is 4.31. The number of anilines is 1. The molecule has 6 nitrogen and oxygen atoms in total. The summed E-state index contributed by atoms with van der Waals surface area (Å²) in [5.41, 5.74) is 1.78. The predicted molar refractivity (Wildman–Crippen MR) is 95.7 cm³/mol. The zero-order valence-electron chi connectivity index (χ0n) is 14.0. The second-order valence-corrected chi connectivity index (χ2v) is 6.06. The van der Waals surface area contributed by atoms with E-state index in [1.807, 2.05) is 24.3 Å². The van der Waals surface area contributed by atoms with Gasteiger partial charge in [0.25, 0.3) is 11.5 Å². The molecule has 0 radical (unpaired) electrons. The average molecular weight is 339 g/mol. The second-order valence-electron chi connectivity index (χ2n) is 6.06. The summed E-state index contributed by atoms with van der Waals surface area (Å²) in [6.45, 7) is 0.987. The number of aromatic amines is 1. The van der Waals surface area contributed by atoms with Crippen molar-refractivity contribution in [2.45, 2.75) is 25.7 Å². The Labute approximate surface area is 145 Å². The molecule has 0 bridgehead atoms. The normalized spacial score (nSPS) is 13.2. The quantitative estimate of drug-likeness (QED) is 0.816. The standard InChI is InChI=1S/C19H21N3O3/c23-16(9-4-11-20-18(24)15-6-2-1-3-7-15)22-13-5-8-14-10-12-21-19(25)17(14)22/h1-3,6-7,10,12H,4-5,8-9,11,13H2,(H,20,24)(H,21,25). The molecule has 1 aliphatic heterocycles. The molecule has 1 aromatic heterocycles. The molecule has 2 heterocycles. The van der Waals surface area contributed by atoms with Crippen LogP contribution in [0.3, 0.4) is 0 Å². The van der Waals surface area contributed by atoms with Crippen LogP contribution in [0.1, 0.15) is 35.2 Å². The number of hydrogen-bond donors (Lipinski definition) is 2. The number of rotatable bonds is 5. The number of benzene rings is 1. The Balaban J connectivity index is 1.53. The Morgan fingerprint density at radius 3 is 2.76 bits per heavy atom. The lowest BCUT2D eigenvalue weighted by molar-refractivity contribution is -0.118. The van der Waals surface area contributed by atoms with Crippen molar-refractivity contribution >= 4 is 17.5 Å². The van der Waals surface area contributed by atoms with Crippen molar-refractivity contribution in [3.05, 3.63) is 64.1 Å². The third kappa shape index (κ3) is 3.96. The topological polar surface area (TPSA) is 82.3 Å². The van der Waals surface area contributed by atoms with Crippen LogP contribution in [0.4, 0.5) is 5.69 Å². The van der Waals surface area contributed by atoms with Crippen LogP contribution in [0.25, 0.3) is 0 Å². The Hall–Kier alpha value is -2.89. The van der Waals surface area contributed by atoms with Gasteiger partial charge in [-0.2, -0.15) is 0 Å². The molecule has 1 aliphatic rings. The molecule has 2 aromatic rings. The molecule has 6 heteroatoms. The fourth-order valence-electron chi connectivity index (χ4n) is 3.07. The molecule has 3 rings (SSSR count). The van der Waals surface area contributed by atoms with E-state index in [0.717, 1.165) is 18.4 Å². The number of nitrogens with zero attached hydrogens (tertiary/aromatic N) is 1. The highest BCUT2D eigenvalue weighted by atomic mass is 16.2. The first-order valence-corrected chi connectivity index (χ1v) is 8.51. The first kappa shape index (κ1) is 17.0. The van der Waals surface area contributed by atoms with Gasteiger partial charge in [-0.3, -0.25) is 14.4 Å². The van der Waals surface area contributed by atoms with Gasteiger partial charge in [-0.25, -0.2) is 0 Å². The summed E-state index contributed by atoms with van der Waals surface area (Å²) in [6.07, 6.45) is 4.12. The SMILES string of the molecule is O=C(NCCCC(=O)N1CCCc2cc[nH]c(=O)c21)c1ccccc1. The molecule has 0 spiro atoms. The Morgan fingerprint density at radius 2 is 1.96 bits per heavy atom. The van der Waals surface area contributed by atoms with Gasteiger partial charge >= 0.3 is 0 Å². The van der Waals surface area contributed by atoms with Crippen molar-refractivity contribution in [3.63, 3.8) is 0 Å². The molecule has 1 aromatic carbocycles. The van der Waals surface area contributed by atoms with Crippen LogP contribution in [-0.4, -0.2) is 29.9 Å². The van der Waals surface area contributed by atoms with E-state index in [0.29, 0.717) is 37.2 Å². The summed E-state index contributed by atoms with van der Waals surface area (Å²) in [5, 5.41) is 2.81. The largest absolute Gasteiger partial charge is 0.352 e. The van der Waals surface area contributed by atoms with Gasteiger partial charge in [-0.1, -0.05) is 18.2 Å². The monoisotopic (exact) mass is 339 g/mol. The number of fused-ring (bicyclic) bond motifs is 1. The fraction of sp³-hybridized carbons (Fsp3) is 0.316. The summed E-state index contributed by atoms with van der Waals surface area (Å²) in [7, 11) is 0. The minimum atomic E-state index is -0.220. The van der Waals surface area contributed by atoms with Gasteiger partial charge in [0.1, 0.15) is 5.69 Å². The molecule has 0 saturated carbocycles. The summed E-state index contributed by atoms with van der Waals surface area (Å²) >= 11 is 0. The van der Waals surface area contributed by atoms with Crippen molar-refractivity contribution in [1.82, 2.24) is 10.3 Å². The molecular formula is C19H21N3O3. The minimum Gasteiger partial charge on any atom is -0.352 e. The van der Waals surface area contributed by atoms with Gasteiger partial charge in [-0.15, -0.1) is 0 Å². The molecule has 130 valence electrons. The molecule has 0 atom stereocenters. The van der Waals surface area contributed by atoms with E-state index in [2.05, 4.69) is 10.3 Å². The predicted octanol–water partition coefficient (Wildman–Crippen LogP) is 1.86. The van der Waals surface area contributed by atoms with Crippen LogP contribution >= 0.6 is 0 Å². The summed E-state index contributed by atoms with van der Waals surface area (Å²) in [5.74, 6) is -0.223. The molecule has 2 N–H and O–H groups in total. The van der Waals surface area contributed by atoms with Gasteiger partial charge in [0.05, 0.1) is 0 Å². The van der Waals surface area contributed by atoms with Crippen molar-refractivity contribution < 1.29 is 9.59 Å². The summed E-state index contributed by atoms with van der Waals surface area (Å²) in [4.78, 5) is 40.7. The Morgan fingerprint density at radius 1 is 1.16 bits per heavy atom. The number of aromatic nitrogens is 1. The van der Waals surface area contributed by atoms with Gasteiger partial charge in [0.15, 0.2) is 0 Å². The maximum atomic E-state index is 12.5. The lowest BCUT2D eigenvalue weighted by atomic mass is 10.0. The van der Waals surface area contributed by atoms with Crippen LogP contribution in [0.2, 0.25) is 0 Å². The second kappa shape index (κ2) is 7.79. The average Bonchev–Trinajstić information content (AvgIpc) is 2.65. The van der Waals surface area contributed by atoms with E-state index in [1.54, 1.807) is 23.2 Å². The molecule has 0 fully saturated rings. The van der Waals surface area contributed by atoms with E-state index < -0.39 is 0 Å². The van der Waals surface area contributed by atoms with Crippen molar-refractivity contribution in [2.75, 3.05) is 18.0 Å². The van der Waals surface area contributed by atoms with Crippen LogP contribution in [0.5, 0.6) is 0 Å². The van der Waals surface area contributed by atoms with Crippen LogP contribution < -0.4 is 15.8 Å². The van der Waals surface area contributed by atoms with Gasteiger partial charge in [-0.05, 0) is 43.0 Å². The van der Waals surface area contributed by atoms with Gasteiger partial charge in [0, 0.05) is 31.3 Å². The smallest absolute Gasteiger partial charge is 0.272 e. The highest BCUT2D eigenvalue weighted by molar-refractivity contribution is 5.95. The molecular weight excluding hydrogens is 318 g/mol. The number of amides is 2. The number of carbonyl (C=O) groups is 2. The number of H-pyrrole nitrogens is 1. The number of carbonyl (C=O) groups excluding carboxylic acids is 2. The first-order valence-electron chi connectivity index (χ1n) is 8.51. The van der Waals surface area contributed by atoms with Crippen LogP contribution in [0.15, 0.2) is 47.4 Å². The zero-order valence-corrected chi connectivity index (χ0v) is 14.0. The number of nitrogens with one attached hydrogen (secondary N) is 2. The van der Waals surface area contributed by atoms with E-state index >= 15 is 0 Å². The van der Waals surface area contributed by atoms with Gasteiger partial charge in [0.2, 0.25) is 5.91 Å². The number of aryl methyl sites for hydroxylation is 1. The van der Waals surface area contributed by atoms with Crippen molar-refractivity contribution in [2.24, 2.45) is 0 Å². The first-order chi connectivity index (χ1) is 12.2. The van der Waals surface area contributed by atoms with E-state index in [9.17, 15) is 14.4 Å². The number of hydrogen-bond acceptors (Lipinski definition) is 3. The van der Waals surface area contributed by atoms with Crippen LogP contribution in [0, 0.1) is 0 Å². The maximum absolute atomic E-state index is 12.5. The maximum Gasteiger partial charge on any atom is 0.272 e. The Kier molecular flexibility index (Phi) is 5.28. The minimum absolute atomic E-state index is 0.0772. The highest BCUT2D eigenvalue weighted by Gasteiger charge is 2.24. The van der Waals surface area contributed by atoms with Crippen molar-refractivity contribution in [3.8, 4) is 0 Å². The van der Waals surface area contributed by atoms with Crippen molar-refractivity contribution in [1.29, 1.82) is 0 Å².